The van der Waals surface area contributed by atoms with Crippen LogP contribution in [-0.4, -0.2) is 34.3 Å². The van der Waals surface area contributed by atoms with Crippen LogP contribution in [0.5, 0.6) is 0 Å². The molecule has 146 valence electrons. The Morgan fingerprint density at radius 2 is 1.86 bits per heavy atom. The van der Waals surface area contributed by atoms with Crippen LogP contribution in [0.1, 0.15) is 30.9 Å². The van der Waals surface area contributed by atoms with E-state index in [9.17, 15) is 14.7 Å². The number of aryl methyl sites for hydroxylation is 1. The first kappa shape index (κ1) is 20.0. The third-order valence-corrected chi connectivity index (χ3v) is 4.76. The summed E-state index contributed by atoms with van der Waals surface area (Å²) in [4.78, 5) is 25.0. The first-order valence-corrected chi connectivity index (χ1v) is 9.42. The lowest BCUT2D eigenvalue weighted by atomic mass is 9.97. The van der Waals surface area contributed by atoms with Crippen molar-refractivity contribution in [2.75, 3.05) is 6.61 Å². The topological polar surface area (TPSA) is 79.2 Å². The molecule has 6 nitrogen and oxygen atoms in total. The van der Waals surface area contributed by atoms with Crippen LogP contribution in [0.2, 0.25) is 5.02 Å². The minimum absolute atomic E-state index is 0.00682. The second kappa shape index (κ2) is 8.54. The zero-order valence-electron chi connectivity index (χ0n) is 15.5. The number of benzene rings is 2. The lowest BCUT2D eigenvalue weighted by molar-refractivity contribution is -0.157. The van der Waals surface area contributed by atoms with Gasteiger partial charge in [0.15, 0.2) is 11.4 Å². The van der Waals surface area contributed by atoms with Gasteiger partial charge < -0.3 is 9.84 Å². The van der Waals surface area contributed by atoms with Crippen molar-refractivity contribution in [1.82, 2.24) is 5.01 Å². The van der Waals surface area contributed by atoms with Crippen LogP contribution in [0.4, 0.5) is 0 Å². The van der Waals surface area contributed by atoms with E-state index in [-0.39, 0.29) is 31.1 Å². The standard InChI is InChI=1S/C21H21ClN2O4/c1-2-28-20(26)18-14-21(27,16-9-11-17(22)12-10-16)24(23-18)19(25)13-8-15-6-4-3-5-7-15/h3-7,9-12,27H,2,8,13-14H2,1H3/t21-/m1/s1. The van der Waals surface area contributed by atoms with E-state index >= 15 is 0 Å². The van der Waals surface area contributed by atoms with Gasteiger partial charge in [0.25, 0.3) is 0 Å². The number of halogens is 1. The Morgan fingerprint density at radius 3 is 2.50 bits per heavy atom. The quantitative estimate of drug-likeness (QED) is 0.755. The average molecular weight is 401 g/mol. The molecule has 0 radical (unpaired) electrons. The first-order valence-electron chi connectivity index (χ1n) is 9.04. The van der Waals surface area contributed by atoms with Gasteiger partial charge in [-0.15, -0.1) is 0 Å². The number of ether oxygens (including phenoxy) is 1. The number of rotatable bonds is 6. The van der Waals surface area contributed by atoms with Gasteiger partial charge in [-0.3, -0.25) is 4.79 Å². The lowest BCUT2D eigenvalue weighted by Gasteiger charge is -2.31. The van der Waals surface area contributed by atoms with Gasteiger partial charge in [-0.2, -0.15) is 10.1 Å². The summed E-state index contributed by atoms with van der Waals surface area (Å²) in [6, 6.07) is 16.0. The number of esters is 1. The van der Waals surface area contributed by atoms with Gasteiger partial charge in [0.2, 0.25) is 5.91 Å². The molecule has 0 aliphatic carbocycles. The molecule has 1 heterocycles. The number of carbonyl (C=O) groups excluding carboxylic acids is 2. The Kier molecular flexibility index (Phi) is 6.11. The van der Waals surface area contributed by atoms with Crippen molar-refractivity contribution in [2.45, 2.75) is 31.9 Å². The van der Waals surface area contributed by atoms with Crippen molar-refractivity contribution >= 4 is 29.2 Å². The predicted octanol–water partition coefficient (Wildman–Crippen LogP) is 3.27. The molecule has 1 aliphatic rings. The average Bonchev–Trinajstić information content (AvgIpc) is 3.06. The Labute approximate surface area is 168 Å². The normalized spacial score (nSPS) is 18.7. The van der Waals surface area contributed by atoms with E-state index in [1.807, 2.05) is 30.3 Å². The maximum atomic E-state index is 12.9. The number of hydrazone groups is 1. The van der Waals surface area contributed by atoms with Gasteiger partial charge in [0, 0.05) is 17.0 Å². The molecule has 1 atom stereocenters. The van der Waals surface area contributed by atoms with Gasteiger partial charge in [0.05, 0.1) is 13.0 Å². The molecule has 0 saturated heterocycles. The van der Waals surface area contributed by atoms with E-state index in [1.165, 1.54) is 0 Å². The highest BCUT2D eigenvalue weighted by Crippen LogP contribution is 2.36. The van der Waals surface area contributed by atoms with E-state index in [2.05, 4.69) is 5.10 Å². The van der Waals surface area contributed by atoms with Crippen molar-refractivity contribution in [1.29, 1.82) is 0 Å². The Morgan fingerprint density at radius 1 is 1.18 bits per heavy atom. The number of nitrogens with zero attached hydrogens (tertiary/aromatic N) is 2. The molecule has 1 aliphatic heterocycles. The molecular weight excluding hydrogens is 380 g/mol. The van der Waals surface area contributed by atoms with Crippen molar-refractivity contribution in [2.24, 2.45) is 5.10 Å². The van der Waals surface area contributed by atoms with Crippen LogP contribution in [0.15, 0.2) is 59.7 Å². The zero-order chi connectivity index (χ0) is 20.1. The third-order valence-electron chi connectivity index (χ3n) is 4.51. The second-order valence-electron chi connectivity index (χ2n) is 6.46. The third kappa shape index (κ3) is 4.24. The summed E-state index contributed by atoms with van der Waals surface area (Å²) >= 11 is 5.94. The van der Waals surface area contributed by atoms with E-state index < -0.39 is 11.7 Å². The Hall–Kier alpha value is -2.70. The number of carbonyl (C=O) groups is 2. The van der Waals surface area contributed by atoms with Crippen LogP contribution in [0.25, 0.3) is 0 Å². The summed E-state index contributed by atoms with van der Waals surface area (Å²) < 4.78 is 4.99. The van der Waals surface area contributed by atoms with Gasteiger partial charge in [-0.05, 0) is 31.0 Å². The van der Waals surface area contributed by atoms with Gasteiger partial charge in [0.1, 0.15) is 0 Å². The number of hydrogen-bond donors (Lipinski definition) is 1. The summed E-state index contributed by atoms with van der Waals surface area (Å²) in [6.45, 7) is 1.86. The summed E-state index contributed by atoms with van der Waals surface area (Å²) in [7, 11) is 0. The lowest BCUT2D eigenvalue weighted by Crippen LogP contribution is -2.43. The number of amides is 1. The summed E-state index contributed by atoms with van der Waals surface area (Å²) in [5, 5.41) is 16.9. The van der Waals surface area contributed by atoms with E-state index in [0.717, 1.165) is 10.6 Å². The predicted molar refractivity (Wildman–Crippen MR) is 106 cm³/mol. The van der Waals surface area contributed by atoms with Gasteiger partial charge >= 0.3 is 5.97 Å². The molecule has 2 aromatic rings. The Balaban J connectivity index is 1.86. The molecule has 2 aromatic carbocycles. The van der Waals surface area contributed by atoms with E-state index in [0.29, 0.717) is 17.0 Å². The molecule has 1 N–H and O–H groups in total. The fraction of sp³-hybridized carbons (Fsp3) is 0.286. The maximum absolute atomic E-state index is 12.9. The molecule has 0 saturated carbocycles. The monoisotopic (exact) mass is 400 g/mol. The van der Waals surface area contributed by atoms with Gasteiger partial charge in [-0.1, -0.05) is 54.1 Å². The Bertz CT molecular complexity index is 883. The van der Waals surface area contributed by atoms with Crippen LogP contribution in [0, 0.1) is 0 Å². The summed E-state index contributed by atoms with van der Waals surface area (Å²) in [5.74, 6) is -1.03. The van der Waals surface area contributed by atoms with Crippen LogP contribution in [-0.2, 0) is 26.5 Å². The SMILES string of the molecule is CCOC(=O)C1=NN(C(=O)CCc2ccccc2)[C@](O)(c2ccc(Cl)cc2)C1. The van der Waals surface area contributed by atoms with Crippen molar-refractivity contribution < 1.29 is 19.4 Å². The molecule has 1 amide bonds. The van der Waals surface area contributed by atoms with Crippen molar-refractivity contribution in [3.05, 3.63) is 70.7 Å². The van der Waals surface area contributed by atoms with Crippen LogP contribution >= 0.6 is 11.6 Å². The molecule has 7 heteroatoms. The van der Waals surface area contributed by atoms with E-state index in [4.69, 9.17) is 16.3 Å². The second-order valence-corrected chi connectivity index (χ2v) is 6.90. The number of hydrogen-bond acceptors (Lipinski definition) is 5. The maximum Gasteiger partial charge on any atom is 0.354 e. The largest absolute Gasteiger partial charge is 0.461 e. The van der Waals surface area contributed by atoms with Crippen molar-refractivity contribution in [3.8, 4) is 0 Å². The summed E-state index contributed by atoms with van der Waals surface area (Å²) in [6.07, 6.45) is 0.487. The molecule has 0 unspecified atom stereocenters. The fourth-order valence-electron chi connectivity index (χ4n) is 3.08. The van der Waals surface area contributed by atoms with Crippen LogP contribution < -0.4 is 0 Å². The molecule has 0 spiro atoms. The molecular formula is C21H21ClN2O4. The highest BCUT2D eigenvalue weighted by Gasteiger charge is 2.47. The molecule has 0 aromatic heterocycles. The molecule has 0 fully saturated rings. The molecule has 0 bridgehead atoms. The highest BCUT2D eigenvalue weighted by atomic mass is 35.5. The van der Waals surface area contributed by atoms with Gasteiger partial charge in [-0.25, -0.2) is 4.79 Å². The minimum Gasteiger partial charge on any atom is -0.461 e. The zero-order valence-corrected chi connectivity index (χ0v) is 16.2. The highest BCUT2D eigenvalue weighted by molar-refractivity contribution is 6.37. The van der Waals surface area contributed by atoms with Crippen molar-refractivity contribution in [3.63, 3.8) is 0 Å². The number of aliphatic hydroxyl groups is 1. The van der Waals surface area contributed by atoms with E-state index in [1.54, 1.807) is 31.2 Å². The summed E-state index contributed by atoms with van der Waals surface area (Å²) in [5.41, 5.74) is -0.333. The molecule has 3 rings (SSSR count). The fourth-order valence-corrected chi connectivity index (χ4v) is 3.21. The smallest absolute Gasteiger partial charge is 0.354 e. The minimum atomic E-state index is -1.76. The van der Waals surface area contributed by atoms with Crippen LogP contribution in [0.3, 0.4) is 0 Å². The molecule has 28 heavy (non-hydrogen) atoms. The first-order chi connectivity index (χ1) is 13.4.